The normalized spacial score (nSPS) is 16.7. The highest BCUT2D eigenvalue weighted by Crippen LogP contribution is 2.30. The van der Waals surface area contributed by atoms with Crippen LogP contribution in [0.4, 0.5) is 0 Å². The Morgan fingerprint density at radius 1 is 0.952 bits per heavy atom. The highest BCUT2D eigenvalue weighted by atomic mass is 35.5. The molecule has 1 aliphatic heterocycles. The van der Waals surface area contributed by atoms with E-state index in [1.165, 1.54) is 12.1 Å². The fourth-order valence-electron chi connectivity index (χ4n) is 5.70. The van der Waals surface area contributed by atoms with Gasteiger partial charge in [-0.05, 0) is 48.6 Å². The quantitative estimate of drug-likeness (QED) is 0.332. The molecule has 10 heteroatoms. The van der Waals surface area contributed by atoms with Crippen molar-refractivity contribution in [3.05, 3.63) is 101 Å². The first kappa shape index (κ1) is 29.8. The maximum Gasteiger partial charge on any atom is 0.269 e. The minimum absolute atomic E-state index is 0.0202. The molecule has 0 aromatic heterocycles. The topological polar surface area (TPSA) is 104 Å². The number of hydrogen-bond donors (Lipinski definition) is 1. The zero-order valence-corrected chi connectivity index (χ0v) is 24.8. The fourth-order valence-corrected chi connectivity index (χ4v) is 7.50. The number of hydrogen-bond acceptors (Lipinski definition) is 5. The number of benzene rings is 3. The molecule has 1 fully saturated rings. The molecule has 0 saturated heterocycles. The Labute approximate surface area is 251 Å². The number of carbonyl (C=O) groups is 3. The Kier molecular flexibility index (Phi) is 9.28. The molecule has 3 aromatic rings. The van der Waals surface area contributed by atoms with Gasteiger partial charge < -0.3 is 10.2 Å². The molecule has 0 radical (unpaired) electrons. The Morgan fingerprint density at radius 2 is 1.62 bits per heavy atom. The van der Waals surface area contributed by atoms with E-state index < -0.39 is 22.0 Å². The standard InChI is InChI=1S/C32H34ClN3O5S/c33-27-17-8-4-13-24(27)22-35(28(21-23-11-2-1-3-12-23)31(38)34-25-14-5-6-15-25)30(37)19-10-20-36-32(39)26-16-7-9-18-29(26)42(36,40)41/h1-4,7-9,11-13,16-18,25,28H,5-6,10,14-15,19-22H2,(H,34,38)/t28-/m0/s1. The van der Waals surface area contributed by atoms with Crippen molar-refractivity contribution in [3.63, 3.8) is 0 Å². The van der Waals surface area contributed by atoms with E-state index in [-0.39, 0.29) is 54.2 Å². The molecule has 220 valence electrons. The monoisotopic (exact) mass is 607 g/mol. The van der Waals surface area contributed by atoms with E-state index in [1.807, 2.05) is 42.5 Å². The van der Waals surface area contributed by atoms with Gasteiger partial charge in [0.2, 0.25) is 11.8 Å². The molecule has 0 spiro atoms. The van der Waals surface area contributed by atoms with Crippen LogP contribution in [-0.4, -0.2) is 54.0 Å². The number of fused-ring (bicyclic) bond motifs is 1. The van der Waals surface area contributed by atoms with Crippen LogP contribution in [0.5, 0.6) is 0 Å². The molecule has 1 aliphatic carbocycles. The van der Waals surface area contributed by atoms with Crippen molar-refractivity contribution in [1.82, 2.24) is 14.5 Å². The van der Waals surface area contributed by atoms with Crippen molar-refractivity contribution in [2.24, 2.45) is 0 Å². The van der Waals surface area contributed by atoms with Gasteiger partial charge in [-0.15, -0.1) is 0 Å². The second-order valence-corrected chi connectivity index (χ2v) is 13.0. The van der Waals surface area contributed by atoms with E-state index >= 15 is 0 Å². The van der Waals surface area contributed by atoms with Gasteiger partial charge in [-0.3, -0.25) is 14.4 Å². The summed E-state index contributed by atoms with van der Waals surface area (Å²) in [5.41, 5.74) is 1.75. The van der Waals surface area contributed by atoms with Gasteiger partial charge >= 0.3 is 0 Å². The minimum atomic E-state index is -3.97. The lowest BCUT2D eigenvalue weighted by Crippen LogP contribution is -2.52. The van der Waals surface area contributed by atoms with E-state index in [2.05, 4.69) is 5.32 Å². The number of amides is 3. The molecular weight excluding hydrogens is 574 g/mol. The Morgan fingerprint density at radius 3 is 2.33 bits per heavy atom. The zero-order valence-electron chi connectivity index (χ0n) is 23.2. The van der Waals surface area contributed by atoms with Crippen molar-refractivity contribution in [2.45, 2.75) is 68.5 Å². The molecule has 1 N–H and O–H groups in total. The summed E-state index contributed by atoms with van der Waals surface area (Å²) in [6.45, 7) is -0.0282. The average molecular weight is 608 g/mol. The second kappa shape index (κ2) is 13.1. The van der Waals surface area contributed by atoms with E-state index in [9.17, 15) is 22.8 Å². The molecule has 5 rings (SSSR count). The van der Waals surface area contributed by atoms with Gasteiger partial charge in [-0.1, -0.05) is 85.1 Å². The van der Waals surface area contributed by atoms with E-state index in [1.54, 1.807) is 29.2 Å². The van der Waals surface area contributed by atoms with Gasteiger partial charge in [0, 0.05) is 37.0 Å². The third-order valence-electron chi connectivity index (χ3n) is 7.94. The smallest absolute Gasteiger partial charge is 0.269 e. The summed E-state index contributed by atoms with van der Waals surface area (Å²) in [6, 6.07) is 22.1. The Bertz CT molecular complexity index is 1560. The summed E-state index contributed by atoms with van der Waals surface area (Å²) >= 11 is 6.49. The number of nitrogens with zero attached hydrogens (tertiary/aromatic N) is 2. The fraction of sp³-hybridized carbons (Fsp3) is 0.344. The summed E-state index contributed by atoms with van der Waals surface area (Å²) in [4.78, 5) is 42.1. The van der Waals surface area contributed by atoms with E-state index in [4.69, 9.17) is 11.6 Å². The van der Waals surface area contributed by atoms with Crippen molar-refractivity contribution < 1.29 is 22.8 Å². The van der Waals surface area contributed by atoms with Crippen LogP contribution < -0.4 is 5.32 Å². The maximum absolute atomic E-state index is 13.9. The average Bonchev–Trinajstić information content (AvgIpc) is 3.57. The summed E-state index contributed by atoms with van der Waals surface area (Å²) in [5, 5.41) is 3.65. The third kappa shape index (κ3) is 6.52. The first-order chi connectivity index (χ1) is 20.3. The van der Waals surface area contributed by atoms with Gasteiger partial charge in [0.25, 0.3) is 15.9 Å². The third-order valence-corrected chi connectivity index (χ3v) is 10.1. The summed E-state index contributed by atoms with van der Waals surface area (Å²) in [6.07, 6.45) is 4.29. The minimum Gasteiger partial charge on any atom is -0.352 e. The molecule has 3 aromatic carbocycles. The Balaban J connectivity index is 1.38. The number of halogens is 1. The SMILES string of the molecule is O=C(NC1CCCC1)[C@H](Cc1ccccc1)N(Cc1ccccc1Cl)C(=O)CCCN1C(=O)c2ccccc2S1(=O)=O. The number of rotatable bonds is 11. The lowest BCUT2D eigenvalue weighted by molar-refractivity contribution is -0.141. The van der Waals surface area contributed by atoms with Gasteiger partial charge in [-0.2, -0.15) is 0 Å². The molecule has 0 bridgehead atoms. The van der Waals surface area contributed by atoms with Crippen molar-refractivity contribution in [2.75, 3.05) is 6.54 Å². The molecule has 3 amide bonds. The van der Waals surface area contributed by atoms with Crippen LogP contribution >= 0.6 is 11.6 Å². The maximum atomic E-state index is 13.9. The van der Waals surface area contributed by atoms with Crippen LogP contribution in [0, 0.1) is 0 Å². The summed E-state index contributed by atoms with van der Waals surface area (Å²) in [7, 11) is -3.97. The highest BCUT2D eigenvalue weighted by Gasteiger charge is 2.40. The number of sulfonamides is 1. The van der Waals surface area contributed by atoms with E-state index in [0.29, 0.717) is 17.0 Å². The largest absolute Gasteiger partial charge is 0.352 e. The van der Waals surface area contributed by atoms with Gasteiger partial charge in [0.15, 0.2) is 0 Å². The molecule has 8 nitrogen and oxygen atoms in total. The lowest BCUT2D eigenvalue weighted by Gasteiger charge is -2.33. The van der Waals surface area contributed by atoms with Crippen molar-refractivity contribution >= 4 is 39.3 Å². The van der Waals surface area contributed by atoms with Gasteiger partial charge in [-0.25, -0.2) is 12.7 Å². The molecule has 42 heavy (non-hydrogen) atoms. The van der Waals surface area contributed by atoms with Crippen LogP contribution in [0.15, 0.2) is 83.8 Å². The summed E-state index contributed by atoms with van der Waals surface area (Å²) in [5.74, 6) is -1.14. The highest BCUT2D eigenvalue weighted by molar-refractivity contribution is 7.90. The predicted octanol–water partition coefficient (Wildman–Crippen LogP) is 4.96. The molecule has 1 saturated carbocycles. The molecule has 1 atom stereocenters. The summed E-state index contributed by atoms with van der Waals surface area (Å²) < 4.78 is 26.8. The number of carbonyl (C=O) groups excluding carboxylic acids is 3. The lowest BCUT2D eigenvalue weighted by atomic mass is 10.0. The van der Waals surface area contributed by atoms with Crippen LogP contribution in [0.25, 0.3) is 0 Å². The number of nitrogens with one attached hydrogen (secondary N) is 1. The van der Waals surface area contributed by atoms with Crippen LogP contribution in [0.2, 0.25) is 5.02 Å². The van der Waals surface area contributed by atoms with Crippen molar-refractivity contribution in [3.8, 4) is 0 Å². The van der Waals surface area contributed by atoms with Gasteiger partial charge in [0.05, 0.1) is 5.56 Å². The zero-order chi connectivity index (χ0) is 29.7. The van der Waals surface area contributed by atoms with Crippen LogP contribution in [-0.2, 0) is 32.6 Å². The van der Waals surface area contributed by atoms with Crippen molar-refractivity contribution in [1.29, 1.82) is 0 Å². The van der Waals surface area contributed by atoms with Gasteiger partial charge in [0.1, 0.15) is 10.9 Å². The Hall–Kier alpha value is -3.69. The molecular formula is C32H34ClN3O5S. The molecule has 1 heterocycles. The van der Waals surface area contributed by atoms with E-state index in [0.717, 1.165) is 35.6 Å². The molecule has 2 aliphatic rings. The first-order valence-electron chi connectivity index (χ1n) is 14.3. The molecule has 0 unspecified atom stereocenters. The second-order valence-electron chi connectivity index (χ2n) is 10.8. The predicted molar refractivity (Wildman–Crippen MR) is 160 cm³/mol. The first-order valence-corrected chi connectivity index (χ1v) is 16.1. The van der Waals surface area contributed by atoms with Crippen LogP contribution in [0.3, 0.4) is 0 Å². The van der Waals surface area contributed by atoms with Crippen LogP contribution in [0.1, 0.15) is 60.0 Å².